The number of piperidine rings is 1. The number of nitrogens with one attached hydrogen (secondary N) is 1. The lowest BCUT2D eigenvalue weighted by molar-refractivity contribution is 0.0676. The quantitative estimate of drug-likeness (QED) is 0.919. The van der Waals surface area contributed by atoms with E-state index in [1.165, 1.54) is 7.11 Å². The van der Waals surface area contributed by atoms with Crippen molar-refractivity contribution in [1.82, 2.24) is 4.90 Å². The molecule has 132 valence electrons. The molecule has 1 unspecified atom stereocenters. The summed E-state index contributed by atoms with van der Waals surface area (Å²) < 4.78 is 21.1. The number of ether oxygens (including phenoxy) is 3. The Morgan fingerprint density at radius 1 is 1.24 bits per heavy atom. The second-order valence-corrected chi connectivity index (χ2v) is 6.13. The molecule has 1 saturated heterocycles. The standard InChI is InChI=1S/C18H20N2O5/c1-22-17-7-6-15(25-17)18(21)20-8-2-3-13(10-20)19-12-4-5-14-16(9-12)24-11-23-14/h4-7,9,13,19H,2-3,8,10-11H2,1H3. The summed E-state index contributed by atoms with van der Waals surface area (Å²) in [6.45, 7) is 1.61. The van der Waals surface area contributed by atoms with Gasteiger partial charge in [0.15, 0.2) is 17.3 Å². The van der Waals surface area contributed by atoms with Gasteiger partial charge in [-0.15, -0.1) is 0 Å². The van der Waals surface area contributed by atoms with Crippen molar-refractivity contribution in [3.63, 3.8) is 0 Å². The number of rotatable bonds is 4. The largest absolute Gasteiger partial charge is 0.468 e. The molecule has 0 aliphatic carbocycles. The van der Waals surface area contributed by atoms with Crippen molar-refractivity contribution in [3.05, 3.63) is 36.1 Å². The zero-order valence-electron chi connectivity index (χ0n) is 14.0. The van der Waals surface area contributed by atoms with Crippen LogP contribution >= 0.6 is 0 Å². The van der Waals surface area contributed by atoms with Crippen LogP contribution in [0.4, 0.5) is 5.69 Å². The second kappa shape index (κ2) is 6.58. The third-order valence-electron chi connectivity index (χ3n) is 4.45. The number of hydrogen-bond donors (Lipinski definition) is 1. The van der Waals surface area contributed by atoms with E-state index in [9.17, 15) is 4.79 Å². The van der Waals surface area contributed by atoms with Crippen molar-refractivity contribution < 1.29 is 23.4 Å². The Hall–Kier alpha value is -2.83. The van der Waals surface area contributed by atoms with Gasteiger partial charge in [-0.05, 0) is 31.0 Å². The second-order valence-electron chi connectivity index (χ2n) is 6.13. The van der Waals surface area contributed by atoms with Gasteiger partial charge in [-0.3, -0.25) is 4.79 Å². The van der Waals surface area contributed by atoms with Gasteiger partial charge in [0.1, 0.15) is 0 Å². The summed E-state index contributed by atoms with van der Waals surface area (Å²) >= 11 is 0. The number of methoxy groups -OCH3 is 1. The first-order valence-corrected chi connectivity index (χ1v) is 8.32. The van der Waals surface area contributed by atoms with Gasteiger partial charge in [0.05, 0.1) is 7.11 Å². The maximum Gasteiger partial charge on any atom is 0.289 e. The van der Waals surface area contributed by atoms with Crippen molar-refractivity contribution in [3.8, 4) is 17.4 Å². The average Bonchev–Trinajstić information content (AvgIpc) is 3.30. The molecule has 0 radical (unpaired) electrons. The van der Waals surface area contributed by atoms with Crippen LogP contribution in [0.2, 0.25) is 0 Å². The van der Waals surface area contributed by atoms with Gasteiger partial charge in [-0.1, -0.05) is 0 Å². The van der Waals surface area contributed by atoms with Crippen LogP contribution in [-0.2, 0) is 0 Å². The van der Waals surface area contributed by atoms with Crippen LogP contribution < -0.4 is 19.5 Å². The third-order valence-corrected chi connectivity index (χ3v) is 4.45. The number of furan rings is 1. The summed E-state index contributed by atoms with van der Waals surface area (Å²) in [4.78, 5) is 14.4. The molecule has 2 aliphatic heterocycles. The summed E-state index contributed by atoms with van der Waals surface area (Å²) in [7, 11) is 1.51. The Morgan fingerprint density at radius 3 is 2.96 bits per heavy atom. The van der Waals surface area contributed by atoms with Gasteiger partial charge in [-0.25, -0.2) is 0 Å². The zero-order chi connectivity index (χ0) is 17.2. The van der Waals surface area contributed by atoms with E-state index >= 15 is 0 Å². The molecular formula is C18H20N2O5. The SMILES string of the molecule is COc1ccc(C(=O)N2CCCC(Nc3ccc4c(c3)OCO4)C2)o1. The fourth-order valence-electron chi connectivity index (χ4n) is 3.20. The van der Waals surface area contributed by atoms with Gasteiger partial charge < -0.3 is 28.8 Å². The Morgan fingerprint density at radius 2 is 2.12 bits per heavy atom. The lowest BCUT2D eigenvalue weighted by atomic mass is 10.0. The van der Waals surface area contributed by atoms with Crippen LogP contribution in [0.15, 0.2) is 34.7 Å². The first-order chi connectivity index (χ1) is 12.2. The Balaban J connectivity index is 1.41. The molecule has 7 heteroatoms. The van der Waals surface area contributed by atoms with Gasteiger partial charge in [0.2, 0.25) is 6.79 Å². The van der Waals surface area contributed by atoms with Gasteiger partial charge in [-0.2, -0.15) is 0 Å². The first kappa shape index (κ1) is 15.7. The number of hydrogen-bond acceptors (Lipinski definition) is 6. The Kier molecular flexibility index (Phi) is 4.13. The molecule has 1 fully saturated rings. The topological polar surface area (TPSA) is 73.2 Å². The smallest absolute Gasteiger partial charge is 0.289 e. The summed E-state index contributed by atoms with van der Waals surface area (Å²) in [6.07, 6.45) is 1.94. The monoisotopic (exact) mass is 344 g/mol. The van der Waals surface area contributed by atoms with Crippen LogP contribution in [0.5, 0.6) is 17.4 Å². The van der Waals surface area contributed by atoms with Crippen LogP contribution in [0, 0.1) is 0 Å². The minimum Gasteiger partial charge on any atom is -0.468 e. The molecule has 0 bridgehead atoms. The third kappa shape index (κ3) is 3.22. The fourth-order valence-corrected chi connectivity index (χ4v) is 3.20. The summed E-state index contributed by atoms with van der Waals surface area (Å²) in [5.74, 6) is 2.05. The molecule has 0 saturated carbocycles. The lowest BCUT2D eigenvalue weighted by Gasteiger charge is -2.33. The number of fused-ring (bicyclic) bond motifs is 1. The molecule has 1 aromatic heterocycles. The molecule has 7 nitrogen and oxygen atoms in total. The van der Waals surface area contributed by atoms with Crippen molar-refractivity contribution in [1.29, 1.82) is 0 Å². The Labute approximate surface area is 145 Å². The predicted octanol–water partition coefficient (Wildman–Crippen LogP) is 2.73. The van der Waals surface area contributed by atoms with Crippen molar-refractivity contribution in [2.75, 3.05) is 32.3 Å². The molecule has 1 N–H and O–H groups in total. The highest BCUT2D eigenvalue weighted by Crippen LogP contribution is 2.34. The van der Waals surface area contributed by atoms with Crippen molar-refractivity contribution in [2.45, 2.75) is 18.9 Å². The van der Waals surface area contributed by atoms with Gasteiger partial charge >= 0.3 is 0 Å². The molecule has 4 rings (SSSR count). The van der Waals surface area contributed by atoms with Crippen molar-refractivity contribution >= 4 is 11.6 Å². The first-order valence-electron chi connectivity index (χ1n) is 8.32. The van der Waals surface area contributed by atoms with Crippen LogP contribution in [-0.4, -0.2) is 43.8 Å². The normalized spacial score (nSPS) is 18.9. The highest BCUT2D eigenvalue weighted by atomic mass is 16.7. The van der Waals surface area contributed by atoms with E-state index in [0.29, 0.717) is 18.3 Å². The molecule has 2 aliphatic rings. The predicted molar refractivity (Wildman–Crippen MR) is 90.4 cm³/mol. The Bertz CT molecular complexity index is 773. The lowest BCUT2D eigenvalue weighted by Crippen LogP contribution is -2.45. The molecule has 2 aromatic rings. The summed E-state index contributed by atoms with van der Waals surface area (Å²) in [5, 5.41) is 3.48. The molecule has 1 aromatic carbocycles. The molecule has 25 heavy (non-hydrogen) atoms. The number of nitrogens with zero attached hydrogens (tertiary/aromatic N) is 1. The zero-order valence-corrected chi connectivity index (χ0v) is 14.0. The molecule has 0 spiro atoms. The minimum absolute atomic E-state index is 0.111. The number of anilines is 1. The highest BCUT2D eigenvalue weighted by molar-refractivity contribution is 5.91. The van der Waals surface area contributed by atoms with E-state index < -0.39 is 0 Å². The van der Waals surface area contributed by atoms with Crippen LogP contribution in [0.25, 0.3) is 0 Å². The van der Waals surface area contributed by atoms with E-state index in [-0.39, 0.29) is 18.7 Å². The highest BCUT2D eigenvalue weighted by Gasteiger charge is 2.26. The number of likely N-dealkylation sites (tertiary alicyclic amines) is 1. The average molecular weight is 344 g/mol. The van der Waals surface area contributed by atoms with E-state index in [1.54, 1.807) is 12.1 Å². The number of amides is 1. The fraction of sp³-hybridized carbons (Fsp3) is 0.389. The minimum atomic E-state index is -0.111. The molecule has 1 atom stereocenters. The number of carbonyl (C=O) groups excluding carboxylic acids is 1. The van der Waals surface area contributed by atoms with Crippen LogP contribution in [0.3, 0.4) is 0 Å². The van der Waals surface area contributed by atoms with E-state index in [2.05, 4.69) is 5.32 Å². The van der Waals surface area contributed by atoms with Gasteiger partial charge in [0, 0.05) is 37.0 Å². The van der Waals surface area contributed by atoms with E-state index in [0.717, 1.165) is 36.6 Å². The number of carbonyl (C=O) groups is 1. The summed E-state index contributed by atoms with van der Waals surface area (Å²) in [5.41, 5.74) is 0.961. The maximum atomic E-state index is 12.6. The molecule has 3 heterocycles. The van der Waals surface area contributed by atoms with Crippen LogP contribution in [0.1, 0.15) is 23.4 Å². The van der Waals surface area contributed by atoms with E-state index in [4.69, 9.17) is 18.6 Å². The molecular weight excluding hydrogens is 324 g/mol. The number of benzene rings is 1. The van der Waals surface area contributed by atoms with Gasteiger partial charge in [0.25, 0.3) is 11.9 Å². The summed E-state index contributed by atoms with van der Waals surface area (Å²) in [6, 6.07) is 9.27. The van der Waals surface area contributed by atoms with Crippen molar-refractivity contribution in [2.24, 2.45) is 0 Å². The van der Waals surface area contributed by atoms with E-state index in [1.807, 2.05) is 23.1 Å². The maximum absolute atomic E-state index is 12.6. The molecule has 1 amide bonds.